The van der Waals surface area contributed by atoms with Gasteiger partial charge in [-0.05, 0) is 48.6 Å². The fraction of sp³-hybridized carbons (Fsp3) is 0.421. The standard InChI is InChI=1S/C19H25N3O2/c1-24-17-5-2-4-16(12-17)13-21-18-6-3-9-20-19(18)22-10-7-15(14-23)8-11-22/h2-6,9,12,15,21,23H,7-8,10-11,13-14H2,1H3. The van der Waals surface area contributed by atoms with E-state index < -0.39 is 0 Å². The van der Waals surface area contributed by atoms with Crippen LogP contribution in [0, 0.1) is 5.92 Å². The van der Waals surface area contributed by atoms with E-state index >= 15 is 0 Å². The van der Waals surface area contributed by atoms with Crippen LogP contribution >= 0.6 is 0 Å². The first-order valence-corrected chi connectivity index (χ1v) is 8.48. The molecule has 1 aliphatic rings. The van der Waals surface area contributed by atoms with E-state index in [1.807, 2.05) is 30.5 Å². The van der Waals surface area contributed by atoms with Crippen molar-refractivity contribution >= 4 is 11.5 Å². The number of nitrogens with zero attached hydrogens (tertiary/aromatic N) is 2. The van der Waals surface area contributed by atoms with Crippen molar-refractivity contribution < 1.29 is 9.84 Å². The number of methoxy groups -OCH3 is 1. The minimum atomic E-state index is 0.289. The highest BCUT2D eigenvalue weighted by Gasteiger charge is 2.21. The summed E-state index contributed by atoms with van der Waals surface area (Å²) in [5.41, 5.74) is 2.21. The number of pyridine rings is 1. The molecule has 1 aliphatic heterocycles. The number of aromatic nitrogens is 1. The lowest BCUT2D eigenvalue weighted by atomic mass is 9.98. The third-order valence-electron chi connectivity index (χ3n) is 4.58. The molecular formula is C19H25N3O2. The molecule has 2 aromatic rings. The maximum atomic E-state index is 9.30. The van der Waals surface area contributed by atoms with Gasteiger partial charge in [0.05, 0.1) is 12.8 Å². The SMILES string of the molecule is COc1cccc(CNc2cccnc2N2CCC(CO)CC2)c1. The molecule has 0 spiro atoms. The van der Waals surface area contributed by atoms with Gasteiger partial charge in [-0.25, -0.2) is 4.98 Å². The third-order valence-corrected chi connectivity index (χ3v) is 4.58. The highest BCUT2D eigenvalue weighted by atomic mass is 16.5. The largest absolute Gasteiger partial charge is 0.497 e. The Kier molecular flexibility index (Phi) is 5.54. The van der Waals surface area contributed by atoms with Crippen LogP contribution in [0.4, 0.5) is 11.5 Å². The van der Waals surface area contributed by atoms with E-state index in [2.05, 4.69) is 27.3 Å². The number of piperidine rings is 1. The highest BCUT2D eigenvalue weighted by Crippen LogP contribution is 2.28. The normalized spacial score (nSPS) is 15.3. The van der Waals surface area contributed by atoms with E-state index in [1.54, 1.807) is 7.11 Å². The van der Waals surface area contributed by atoms with Gasteiger partial charge in [0.25, 0.3) is 0 Å². The predicted octanol–water partition coefficient (Wildman–Crippen LogP) is 2.91. The van der Waals surface area contributed by atoms with E-state index in [1.165, 1.54) is 5.56 Å². The number of aliphatic hydroxyl groups excluding tert-OH is 1. The monoisotopic (exact) mass is 327 g/mol. The van der Waals surface area contributed by atoms with Gasteiger partial charge in [0.1, 0.15) is 5.75 Å². The van der Waals surface area contributed by atoms with Crippen molar-refractivity contribution in [2.75, 3.05) is 37.0 Å². The fourth-order valence-electron chi connectivity index (χ4n) is 3.09. The summed E-state index contributed by atoms with van der Waals surface area (Å²) in [5.74, 6) is 2.29. The molecule has 0 aliphatic carbocycles. The van der Waals surface area contributed by atoms with E-state index in [-0.39, 0.29) is 6.61 Å². The average molecular weight is 327 g/mol. The number of hydrogen-bond acceptors (Lipinski definition) is 5. The molecule has 0 bridgehead atoms. The minimum Gasteiger partial charge on any atom is -0.497 e. The zero-order valence-corrected chi connectivity index (χ0v) is 14.1. The zero-order valence-electron chi connectivity index (χ0n) is 14.1. The van der Waals surface area contributed by atoms with Crippen LogP contribution in [-0.2, 0) is 6.54 Å². The van der Waals surface area contributed by atoms with Crippen LogP contribution in [0.15, 0.2) is 42.6 Å². The molecule has 1 aromatic heterocycles. The first kappa shape index (κ1) is 16.6. The van der Waals surface area contributed by atoms with Crippen LogP contribution in [0.25, 0.3) is 0 Å². The molecule has 1 saturated heterocycles. The molecule has 24 heavy (non-hydrogen) atoms. The van der Waals surface area contributed by atoms with Gasteiger partial charge < -0.3 is 20.1 Å². The van der Waals surface area contributed by atoms with Gasteiger partial charge in [-0.15, -0.1) is 0 Å². The Morgan fingerprint density at radius 1 is 1.25 bits per heavy atom. The second kappa shape index (κ2) is 8.02. The number of ether oxygens (including phenoxy) is 1. The van der Waals surface area contributed by atoms with Crippen molar-refractivity contribution in [1.29, 1.82) is 0 Å². The lowest BCUT2D eigenvalue weighted by Gasteiger charge is -2.33. The summed E-state index contributed by atoms with van der Waals surface area (Å²) in [7, 11) is 1.68. The number of aliphatic hydroxyl groups is 1. The minimum absolute atomic E-state index is 0.289. The van der Waals surface area contributed by atoms with Gasteiger partial charge >= 0.3 is 0 Å². The second-order valence-corrected chi connectivity index (χ2v) is 6.19. The first-order valence-electron chi connectivity index (χ1n) is 8.48. The van der Waals surface area contributed by atoms with Crippen LogP contribution < -0.4 is 15.0 Å². The van der Waals surface area contributed by atoms with Gasteiger partial charge in [0.2, 0.25) is 0 Å². The Morgan fingerprint density at radius 3 is 2.83 bits per heavy atom. The van der Waals surface area contributed by atoms with E-state index in [4.69, 9.17) is 4.74 Å². The van der Waals surface area contributed by atoms with Crippen LogP contribution in [0.5, 0.6) is 5.75 Å². The second-order valence-electron chi connectivity index (χ2n) is 6.19. The molecule has 2 N–H and O–H groups in total. The lowest BCUT2D eigenvalue weighted by Crippen LogP contribution is -2.35. The number of rotatable bonds is 6. The van der Waals surface area contributed by atoms with Crippen molar-refractivity contribution in [3.05, 3.63) is 48.2 Å². The number of hydrogen-bond donors (Lipinski definition) is 2. The molecule has 0 atom stereocenters. The van der Waals surface area contributed by atoms with Crippen molar-refractivity contribution in [2.45, 2.75) is 19.4 Å². The van der Waals surface area contributed by atoms with Gasteiger partial charge in [-0.3, -0.25) is 0 Å². The topological polar surface area (TPSA) is 57.6 Å². The lowest BCUT2D eigenvalue weighted by molar-refractivity contribution is 0.203. The predicted molar refractivity (Wildman–Crippen MR) is 96.6 cm³/mol. The molecule has 2 heterocycles. The number of benzene rings is 1. The quantitative estimate of drug-likeness (QED) is 0.854. The Bertz CT molecular complexity index is 655. The molecule has 0 amide bonds. The van der Waals surface area contributed by atoms with Crippen molar-refractivity contribution in [2.24, 2.45) is 5.92 Å². The molecule has 3 rings (SSSR count). The first-order chi connectivity index (χ1) is 11.8. The van der Waals surface area contributed by atoms with Crippen molar-refractivity contribution in [3.63, 3.8) is 0 Å². The number of nitrogens with one attached hydrogen (secondary N) is 1. The van der Waals surface area contributed by atoms with Gasteiger partial charge in [-0.1, -0.05) is 12.1 Å². The van der Waals surface area contributed by atoms with Gasteiger partial charge in [0, 0.05) is 32.4 Å². The van der Waals surface area contributed by atoms with Crippen molar-refractivity contribution in [3.8, 4) is 5.75 Å². The maximum Gasteiger partial charge on any atom is 0.151 e. The van der Waals surface area contributed by atoms with Crippen LogP contribution in [0.1, 0.15) is 18.4 Å². The molecule has 0 saturated carbocycles. The molecule has 1 aromatic carbocycles. The summed E-state index contributed by atoms with van der Waals surface area (Å²) in [4.78, 5) is 6.88. The molecule has 5 heteroatoms. The summed E-state index contributed by atoms with van der Waals surface area (Å²) in [5, 5.41) is 12.8. The Labute approximate surface area is 143 Å². The Morgan fingerprint density at radius 2 is 2.08 bits per heavy atom. The molecule has 0 unspecified atom stereocenters. The van der Waals surface area contributed by atoms with Crippen LogP contribution in [0.2, 0.25) is 0 Å². The van der Waals surface area contributed by atoms with E-state index in [0.29, 0.717) is 5.92 Å². The zero-order chi connectivity index (χ0) is 16.8. The smallest absolute Gasteiger partial charge is 0.151 e. The summed E-state index contributed by atoms with van der Waals surface area (Å²) in [6, 6.07) is 12.1. The molecule has 0 radical (unpaired) electrons. The van der Waals surface area contributed by atoms with Gasteiger partial charge in [-0.2, -0.15) is 0 Å². The third kappa shape index (κ3) is 3.97. The van der Waals surface area contributed by atoms with Gasteiger partial charge in [0.15, 0.2) is 5.82 Å². The summed E-state index contributed by atoms with van der Waals surface area (Å²) in [6.07, 6.45) is 3.87. The Hall–Kier alpha value is -2.27. The van der Waals surface area contributed by atoms with Crippen LogP contribution in [0.3, 0.4) is 0 Å². The van der Waals surface area contributed by atoms with E-state index in [0.717, 1.165) is 49.7 Å². The summed E-state index contributed by atoms with van der Waals surface area (Å²) < 4.78 is 5.28. The average Bonchev–Trinajstić information content (AvgIpc) is 2.67. The summed E-state index contributed by atoms with van der Waals surface area (Å²) >= 11 is 0. The van der Waals surface area contributed by atoms with E-state index in [9.17, 15) is 5.11 Å². The molecule has 128 valence electrons. The summed E-state index contributed by atoms with van der Waals surface area (Å²) in [6.45, 7) is 2.90. The molecular weight excluding hydrogens is 302 g/mol. The fourth-order valence-corrected chi connectivity index (χ4v) is 3.09. The number of anilines is 2. The highest BCUT2D eigenvalue weighted by molar-refractivity contribution is 5.65. The molecule has 5 nitrogen and oxygen atoms in total. The Balaban J connectivity index is 1.68. The molecule has 1 fully saturated rings. The maximum absolute atomic E-state index is 9.30. The van der Waals surface area contributed by atoms with Crippen LogP contribution in [-0.4, -0.2) is 36.9 Å². The van der Waals surface area contributed by atoms with Crippen molar-refractivity contribution in [1.82, 2.24) is 4.98 Å².